The Morgan fingerprint density at radius 3 is 1.14 bits per heavy atom. The van der Waals surface area contributed by atoms with E-state index >= 15 is 0 Å². The number of hydrogen-bond donors (Lipinski definition) is 1. The standard InChI is InChI=1S/C40H70O3/c1-2-3-4-5-6-7-8-9-10-11-12-13-14-15-16-17-18-19-20-21-22-23-24-25-26-27-28-29-30-37-43-40(42)36-33-38-31-34-39(41)35-32-38/h31-36,41H,2-30,37H2,1H3/b36-33+. The molecular weight excluding hydrogens is 528 g/mol. The third-order valence-corrected chi connectivity index (χ3v) is 8.80. The van der Waals surface area contributed by atoms with Gasteiger partial charge in [0, 0.05) is 6.08 Å². The Labute approximate surface area is 267 Å². The Bertz CT molecular complexity index is 739. The molecule has 0 atom stereocenters. The van der Waals surface area contributed by atoms with Gasteiger partial charge in [-0.2, -0.15) is 0 Å². The highest BCUT2D eigenvalue weighted by molar-refractivity contribution is 5.87. The fourth-order valence-corrected chi connectivity index (χ4v) is 5.92. The molecule has 1 rings (SSSR count). The number of ether oxygens (including phenoxy) is 1. The summed E-state index contributed by atoms with van der Waals surface area (Å²) in [7, 11) is 0. The first-order valence-electron chi connectivity index (χ1n) is 18.9. The average Bonchev–Trinajstić information content (AvgIpc) is 3.01. The molecule has 1 aromatic rings. The van der Waals surface area contributed by atoms with Crippen molar-refractivity contribution in [3.8, 4) is 5.75 Å². The minimum atomic E-state index is -0.298. The first-order chi connectivity index (χ1) is 21.2. The predicted molar refractivity (Wildman–Crippen MR) is 188 cm³/mol. The van der Waals surface area contributed by atoms with Crippen molar-refractivity contribution in [2.75, 3.05) is 6.61 Å². The molecule has 1 N–H and O–H groups in total. The molecule has 0 spiro atoms. The number of hydrogen-bond acceptors (Lipinski definition) is 3. The van der Waals surface area contributed by atoms with E-state index in [0.717, 1.165) is 18.4 Å². The van der Waals surface area contributed by atoms with Gasteiger partial charge >= 0.3 is 5.97 Å². The summed E-state index contributed by atoms with van der Waals surface area (Å²) in [6.45, 7) is 2.80. The van der Waals surface area contributed by atoms with E-state index in [9.17, 15) is 9.90 Å². The summed E-state index contributed by atoms with van der Waals surface area (Å²) in [5.74, 6) is -0.0748. The molecule has 1 aromatic carbocycles. The summed E-state index contributed by atoms with van der Waals surface area (Å²) < 4.78 is 5.27. The van der Waals surface area contributed by atoms with Crippen LogP contribution in [0.5, 0.6) is 5.75 Å². The van der Waals surface area contributed by atoms with E-state index in [1.807, 2.05) is 0 Å². The number of phenols is 1. The van der Waals surface area contributed by atoms with Crippen molar-refractivity contribution in [1.29, 1.82) is 0 Å². The van der Waals surface area contributed by atoms with Crippen LogP contribution in [0.3, 0.4) is 0 Å². The quantitative estimate of drug-likeness (QED) is 0.0510. The number of rotatable bonds is 32. The van der Waals surface area contributed by atoms with Crippen LogP contribution >= 0.6 is 0 Å². The Balaban J connectivity index is 1.68. The van der Waals surface area contributed by atoms with Crippen LogP contribution in [0.2, 0.25) is 0 Å². The van der Waals surface area contributed by atoms with Crippen LogP contribution in [0, 0.1) is 0 Å². The van der Waals surface area contributed by atoms with Crippen LogP contribution in [0.4, 0.5) is 0 Å². The molecule has 0 saturated heterocycles. The first kappa shape index (κ1) is 39.3. The van der Waals surface area contributed by atoms with Crippen LogP contribution in [0.15, 0.2) is 30.3 Å². The maximum atomic E-state index is 11.8. The Morgan fingerprint density at radius 2 is 0.814 bits per heavy atom. The molecule has 0 amide bonds. The van der Waals surface area contributed by atoms with Crippen molar-refractivity contribution in [3.05, 3.63) is 35.9 Å². The van der Waals surface area contributed by atoms with Crippen LogP contribution in [0.1, 0.15) is 199 Å². The fraction of sp³-hybridized carbons (Fsp3) is 0.775. The molecule has 0 heterocycles. The number of phenolic OH excluding ortho intramolecular Hbond substituents is 1. The minimum absolute atomic E-state index is 0.223. The molecule has 3 heteroatoms. The normalized spacial score (nSPS) is 11.5. The zero-order valence-electron chi connectivity index (χ0n) is 28.4. The van der Waals surface area contributed by atoms with E-state index in [-0.39, 0.29) is 11.7 Å². The molecule has 0 bridgehead atoms. The maximum absolute atomic E-state index is 11.8. The van der Waals surface area contributed by atoms with Crippen molar-refractivity contribution >= 4 is 12.0 Å². The zero-order valence-corrected chi connectivity index (χ0v) is 28.4. The molecule has 248 valence electrons. The molecule has 0 aliphatic heterocycles. The molecule has 3 nitrogen and oxygen atoms in total. The molecule has 0 unspecified atom stereocenters. The monoisotopic (exact) mass is 599 g/mol. The minimum Gasteiger partial charge on any atom is -0.508 e. The zero-order chi connectivity index (χ0) is 30.9. The van der Waals surface area contributed by atoms with Gasteiger partial charge in [-0.1, -0.05) is 199 Å². The maximum Gasteiger partial charge on any atom is 0.330 e. The highest BCUT2D eigenvalue weighted by Gasteiger charge is 1.99. The predicted octanol–water partition coefficient (Wildman–Crippen LogP) is 13.3. The summed E-state index contributed by atoms with van der Waals surface area (Å²) >= 11 is 0. The number of aromatic hydroxyl groups is 1. The van der Waals surface area contributed by atoms with Crippen LogP contribution < -0.4 is 0 Å². The van der Waals surface area contributed by atoms with E-state index < -0.39 is 0 Å². The lowest BCUT2D eigenvalue weighted by molar-refractivity contribution is -0.137. The van der Waals surface area contributed by atoms with Crippen molar-refractivity contribution in [3.63, 3.8) is 0 Å². The molecule has 0 radical (unpaired) electrons. The lowest BCUT2D eigenvalue weighted by Gasteiger charge is -2.05. The van der Waals surface area contributed by atoms with Crippen molar-refractivity contribution in [2.24, 2.45) is 0 Å². The Morgan fingerprint density at radius 1 is 0.512 bits per heavy atom. The average molecular weight is 599 g/mol. The van der Waals surface area contributed by atoms with E-state index in [2.05, 4.69) is 6.92 Å². The summed E-state index contributed by atoms with van der Waals surface area (Å²) in [6, 6.07) is 6.74. The second kappa shape index (κ2) is 31.6. The molecular formula is C40H70O3. The number of esters is 1. The lowest BCUT2D eigenvalue weighted by Crippen LogP contribution is -2.02. The van der Waals surface area contributed by atoms with E-state index in [4.69, 9.17) is 4.74 Å². The van der Waals surface area contributed by atoms with Crippen LogP contribution in [0.25, 0.3) is 6.08 Å². The van der Waals surface area contributed by atoms with Gasteiger partial charge in [-0.15, -0.1) is 0 Å². The molecule has 0 aliphatic carbocycles. The van der Waals surface area contributed by atoms with Gasteiger partial charge in [-0.25, -0.2) is 4.79 Å². The fourth-order valence-electron chi connectivity index (χ4n) is 5.92. The first-order valence-corrected chi connectivity index (χ1v) is 18.9. The Hall–Kier alpha value is -1.77. The molecule has 0 aliphatic rings. The topological polar surface area (TPSA) is 46.5 Å². The van der Waals surface area contributed by atoms with Crippen molar-refractivity contribution in [1.82, 2.24) is 0 Å². The van der Waals surface area contributed by atoms with E-state index in [1.54, 1.807) is 30.3 Å². The lowest BCUT2D eigenvalue weighted by atomic mass is 10.0. The van der Waals surface area contributed by atoms with Gasteiger partial charge in [0.15, 0.2) is 0 Å². The van der Waals surface area contributed by atoms with E-state index in [1.165, 1.54) is 179 Å². The third kappa shape index (κ3) is 28.7. The van der Waals surface area contributed by atoms with Gasteiger partial charge in [0.05, 0.1) is 6.61 Å². The van der Waals surface area contributed by atoms with Gasteiger partial charge in [0.2, 0.25) is 0 Å². The molecule has 43 heavy (non-hydrogen) atoms. The van der Waals surface area contributed by atoms with Crippen LogP contribution in [-0.4, -0.2) is 17.7 Å². The molecule has 0 fully saturated rings. The highest BCUT2D eigenvalue weighted by atomic mass is 16.5. The van der Waals surface area contributed by atoms with Gasteiger partial charge in [-0.05, 0) is 30.2 Å². The second-order valence-corrected chi connectivity index (χ2v) is 13.0. The van der Waals surface area contributed by atoms with Crippen molar-refractivity contribution < 1.29 is 14.6 Å². The second-order valence-electron chi connectivity index (χ2n) is 13.0. The molecule has 0 aromatic heterocycles. The number of benzene rings is 1. The largest absolute Gasteiger partial charge is 0.508 e. The number of unbranched alkanes of at least 4 members (excludes halogenated alkanes) is 28. The summed E-state index contributed by atoms with van der Waals surface area (Å²) in [5.41, 5.74) is 0.871. The smallest absolute Gasteiger partial charge is 0.330 e. The van der Waals surface area contributed by atoms with Gasteiger partial charge < -0.3 is 9.84 Å². The van der Waals surface area contributed by atoms with Gasteiger partial charge in [-0.3, -0.25) is 0 Å². The SMILES string of the molecule is CCCCCCCCCCCCCCCCCCCCCCCCCCCCCCCOC(=O)/C=C/c1ccc(O)cc1. The van der Waals surface area contributed by atoms with Gasteiger partial charge in [0.25, 0.3) is 0 Å². The number of carbonyl (C=O) groups is 1. The molecule has 0 saturated carbocycles. The summed E-state index contributed by atoms with van der Waals surface area (Å²) in [5, 5.41) is 9.29. The van der Waals surface area contributed by atoms with E-state index in [0.29, 0.717) is 6.61 Å². The van der Waals surface area contributed by atoms with Crippen molar-refractivity contribution in [2.45, 2.75) is 193 Å². The summed E-state index contributed by atoms with van der Waals surface area (Å²) in [6.07, 6.45) is 43.8. The Kier molecular flexibility index (Phi) is 28.9. The highest BCUT2D eigenvalue weighted by Crippen LogP contribution is 2.16. The summed E-state index contributed by atoms with van der Waals surface area (Å²) in [4.78, 5) is 11.8. The number of carbonyl (C=O) groups excluding carboxylic acids is 1. The van der Waals surface area contributed by atoms with Gasteiger partial charge in [0.1, 0.15) is 5.75 Å². The van der Waals surface area contributed by atoms with Crippen LogP contribution in [-0.2, 0) is 9.53 Å². The third-order valence-electron chi connectivity index (χ3n) is 8.80.